The van der Waals surface area contributed by atoms with Gasteiger partial charge in [0.1, 0.15) is 17.0 Å². The highest BCUT2D eigenvalue weighted by molar-refractivity contribution is 6.30. The molecule has 0 bridgehead atoms. The monoisotopic (exact) mass is 316 g/mol. The van der Waals surface area contributed by atoms with Crippen LogP contribution in [0.3, 0.4) is 0 Å². The molecule has 0 aliphatic rings. The Hall–Kier alpha value is -1.66. The SMILES string of the molecule is Cc1ccc(C(O)c2ccc(C(F)(F)F)nc2Cl)c(C)n1. The number of aliphatic hydroxyl groups excluding tert-OH is 1. The quantitative estimate of drug-likeness (QED) is 0.856. The minimum Gasteiger partial charge on any atom is -0.383 e. The fourth-order valence-corrected chi connectivity index (χ4v) is 2.22. The number of alkyl halides is 3. The Bertz CT molecular complexity index is 674. The predicted octanol–water partition coefficient (Wildman–Crippen LogP) is 3.85. The van der Waals surface area contributed by atoms with Crippen LogP contribution in [0, 0.1) is 13.8 Å². The molecule has 2 heterocycles. The molecule has 0 saturated carbocycles. The fourth-order valence-electron chi connectivity index (χ4n) is 1.96. The Morgan fingerprint density at radius 2 is 1.67 bits per heavy atom. The second-order valence-corrected chi connectivity index (χ2v) is 4.96. The lowest BCUT2D eigenvalue weighted by atomic mass is 10.0. The zero-order chi connectivity index (χ0) is 15.8. The summed E-state index contributed by atoms with van der Waals surface area (Å²) >= 11 is 5.77. The van der Waals surface area contributed by atoms with E-state index in [-0.39, 0.29) is 10.7 Å². The zero-order valence-corrected chi connectivity index (χ0v) is 12.0. The van der Waals surface area contributed by atoms with Crippen molar-refractivity contribution in [2.45, 2.75) is 26.1 Å². The number of hydrogen-bond donors (Lipinski definition) is 1. The summed E-state index contributed by atoms with van der Waals surface area (Å²) < 4.78 is 37.6. The largest absolute Gasteiger partial charge is 0.433 e. The maximum absolute atomic E-state index is 12.5. The summed E-state index contributed by atoms with van der Waals surface area (Å²) in [5.41, 5.74) is 0.850. The lowest BCUT2D eigenvalue weighted by molar-refractivity contribution is -0.141. The Labute approximate surface area is 124 Å². The van der Waals surface area contributed by atoms with Gasteiger partial charge in [-0.25, -0.2) is 4.98 Å². The van der Waals surface area contributed by atoms with Gasteiger partial charge in [0.2, 0.25) is 0 Å². The maximum Gasteiger partial charge on any atom is 0.433 e. The van der Waals surface area contributed by atoms with Gasteiger partial charge in [0, 0.05) is 22.5 Å². The van der Waals surface area contributed by atoms with Gasteiger partial charge in [-0.05, 0) is 26.0 Å². The Balaban J connectivity index is 2.42. The number of pyridine rings is 2. The first kappa shape index (κ1) is 15.7. The van der Waals surface area contributed by atoms with Crippen LogP contribution >= 0.6 is 11.6 Å². The van der Waals surface area contributed by atoms with Gasteiger partial charge in [0.25, 0.3) is 0 Å². The molecule has 2 aromatic rings. The molecule has 7 heteroatoms. The van der Waals surface area contributed by atoms with E-state index in [1.165, 1.54) is 0 Å². The number of halogens is 4. The van der Waals surface area contributed by atoms with E-state index < -0.39 is 18.0 Å². The minimum absolute atomic E-state index is 0.110. The molecule has 112 valence electrons. The number of nitrogens with zero attached hydrogens (tertiary/aromatic N) is 2. The molecule has 0 saturated heterocycles. The van der Waals surface area contributed by atoms with Crippen LogP contribution in [0.15, 0.2) is 24.3 Å². The van der Waals surface area contributed by atoms with Crippen molar-refractivity contribution < 1.29 is 18.3 Å². The Morgan fingerprint density at radius 1 is 1.05 bits per heavy atom. The topological polar surface area (TPSA) is 46.0 Å². The van der Waals surface area contributed by atoms with E-state index in [4.69, 9.17) is 11.6 Å². The number of rotatable bonds is 2. The zero-order valence-electron chi connectivity index (χ0n) is 11.2. The third-order valence-electron chi connectivity index (χ3n) is 3.02. The van der Waals surface area contributed by atoms with Crippen molar-refractivity contribution in [2.24, 2.45) is 0 Å². The molecule has 0 amide bonds. The van der Waals surface area contributed by atoms with Crippen molar-refractivity contribution in [1.82, 2.24) is 9.97 Å². The molecule has 1 N–H and O–H groups in total. The van der Waals surface area contributed by atoms with Gasteiger partial charge in [-0.3, -0.25) is 4.98 Å². The molecule has 0 aromatic carbocycles. The normalized spacial score (nSPS) is 13.3. The van der Waals surface area contributed by atoms with Gasteiger partial charge in [-0.1, -0.05) is 23.7 Å². The van der Waals surface area contributed by atoms with Crippen molar-refractivity contribution >= 4 is 11.6 Å². The van der Waals surface area contributed by atoms with Gasteiger partial charge < -0.3 is 5.11 Å². The van der Waals surface area contributed by atoms with Crippen molar-refractivity contribution in [2.75, 3.05) is 0 Å². The summed E-state index contributed by atoms with van der Waals surface area (Å²) in [6.45, 7) is 3.51. The summed E-state index contributed by atoms with van der Waals surface area (Å²) in [6.07, 6.45) is -5.76. The standard InChI is InChI=1S/C14H12ClF3N2O/c1-7-3-4-9(8(2)19-7)12(21)10-5-6-11(14(16,17)18)20-13(10)15/h3-6,12,21H,1-2H3. The van der Waals surface area contributed by atoms with Crippen LogP contribution in [-0.2, 0) is 6.18 Å². The van der Waals surface area contributed by atoms with E-state index in [9.17, 15) is 18.3 Å². The minimum atomic E-state index is -4.57. The van der Waals surface area contributed by atoms with Crippen LogP contribution in [0.4, 0.5) is 13.2 Å². The van der Waals surface area contributed by atoms with Gasteiger partial charge >= 0.3 is 6.18 Å². The summed E-state index contributed by atoms with van der Waals surface area (Å²) in [5, 5.41) is 9.91. The molecule has 3 nitrogen and oxygen atoms in total. The average Bonchev–Trinajstić information content (AvgIpc) is 2.36. The molecule has 0 fully saturated rings. The second kappa shape index (κ2) is 5.61. The highest BCUT2D eigenvalue weighted by Crippen LogP contribution is 2.33. The van der Waals surface area contributed by atoms with E-state index in [2.05, 4.69) is 9.97 Å². The van der Waals surface area contributed by atoms with Crippen LogP contribution in [-0.4, -0.2) is 15.1 Å². The van der Waals surface area contributed by atoms with Gasteiger partial charge in [-0.2, -0.15) is 13.2 Å². The van der Waals surface area contributed by atoms with E-state index in [0.717, 1.165) is 17.8 Å². The van der Waals surface area contributed by atoms with Crippen molar-refractivity contribution in [3.8, 4) is 0 Å². The lowest BCUT2D eigenvalue weighted by Crippen LogP contribution is -2.11. The van der Waals surface area contributed by atoms with Gasteiger partial charge in [0.05, 0.1) is 0 Å². The molecule has 1 atom stereocenters. The fraction of sp³-hybridized carbons (Fsp3) is 0.286. The van der Waals surface area contributed by atoms with Crippen molar-refractivity contribution in [3.63, 3.8) is 0 Å². The Morgan fingerprint density at radius 3 is 2.19 bits per heavy atom. The maximum atomic E-state index is 12.5. The molecule has 0 radical (unpaired) electrons. The van der Waals surface area contributed by atoms with Crippen molar-refractivity contribution in [3.05, 3.63) is 57.6 Å². The van der Waals surface area contributed by atoms with Crippen molar-refractivity contribution in [1.29, 1.82) is 0 Å². The molecule has 0 aliphatic carbocycles. The highest BCUT2D eigenvalue weighted by Gasteiger charge is 2.33. The third kappa shape index (κ3) is 3.33. The molecule has 21 heavy (non-hydrogen) atoms. The predicted molar refractivity (Wildman–Crippen MR) is 72.0 cm³/mol. The number of hydrogen-bond acceptors (Lipinski definition) is 3. The molecular formula is C14H12ClF3N2O. The van der Waals surface area contributed by atoms with E-state index in [0.29, 0.717) is 11.3 Å². The van der Waals surface area contributed by atoms with E-state index in [1.807, 2.05) is 0 Å². The van der Waals surface area contributed by atoms with Gasteiger partial charge in [-0.15, -0.1) is 0 Å². The molecule has 1 unspecified atom stereocenters. The summed E-state index contributed by atoms with van der Waals surface area (Å²) in [6, 6.07) is 5.29. The van der Waals surface area contributed by atoms with E-state index >= 15 is 0 Å². The van der Waals surface area contributed by atoms with Crippen LogP contribution in [0.5, 0.6) is 0 Å². The molecule has 0 spiro atoms. The van der Waals surface area contributed by atoms with E-state index in [1.54, 1.807) is 26.0 Å². The molecule has 2 rings (SSSR count). The molecular weight excluding hydrogens is 305 g/mol. The number of aliphatic hydroxyl groups is 1. The van der Waals surface area contributed by atoms with Crippen LogP contribution in [0.25, 0.3) is 0 Å². The first-order valence-electron chi connectivity index (χ1n) is 6.06. The van der Waals surface area contributed by atoms with Crippen LogP contribution in [0.2, 0.25) is 5.15 Å². The third-order valence-corrected chi connectivity index (χ3v) is 3.33. The smallest absolute Gasteiger partial charge is 0.383 e. The molecule has 2 aromatic heterocycles. The number of aromatic nitrogens is 2. The van der Waals surface area contributed by atoms with Gasteiger partial charge in [0.15, 0.2) is 0 Å². The van der Waals surface area contributed by atoms with Crippen LogP contribution < -0.4 is 0 Å². The first-order chi connectivity index (χ1) is 9.70. The first-order valence-corrected chi connectivity index (χ1v) is 6.44. The number of aryl methyl sites for hydroxylation is 2. The second-order valence-electron chi connectivity index (χ2n) is 4.60. The summed E-state index contributed by atoms with van der Waals surface area (Å²) in [7, 11) is 0. The average molecular weight is 317 g/mol. The lowest BCUT2D eigenvalue weighted by Gasteiger charge is -2.16. The molecule has 0 aliphatic heterocycles. The Kier molecular flexibility index (Phi) is 4.20. The van der Waals surface area contributed by atoms with Crippen LogP contribution in [0.1, 0.15) is 34.3 Å². The summed E-state index contributed by atoms with van der Waals surface area (Å²) in [4.78, 5) is 7.50. The highest BCUT2D eigenvalue weighted by atomic mass is 35.5. The summed E-state index contributed by atoms with van der Waals surface area (Å²) in [5.74, 6) is 0.